The van der Waals surface area contributed by atoms with Crippen molar-refractivity contribution in [2.75, 3.05) is 6.61 Å². The van der Waals surface area contributed by atoms with Crippen LogP contribution in [0.5, 0.6) is 5.75 Å². The fourth-order valence-corrected chi connectivity index (χ4v) is 5.01. The first-order valence-corrected chi connectivity index (χ1v) is 12.7. The van der Waals surface area contributed by atoms with E-state index in [0.717, 1.165) is 28.9 Å². The Kier molecular flexibility index (Phi) is 7.36. The Morgan fingerprint density at radius 2 is 1.80 bits per heavy atom. The number of carbonyl (C=O) groups is 1. The summed E-state index contributed by atoms with van der Waals surface area (Å²) in [5, 5.41) is 0. The maximum Gasteiger partial charge on any atom is 0.338 e. The highest BCUT2D eigenvalue weighted by Crippen LogP contribution is 2.30. The molecular formula is C28H30N2O4S. The number of carbonyl (C=O) groups excluding carboxylic acids is 1. The van der Waals surface area contributed by atoms with E-state index in [0.29, 0.717) is 20.6 Å². The predicted molar refractivity (Wildman–Crippen MR) is 138 cm³/mol. The molecule has 1 aromatic heterocycles. The number of aryl methyl sites for hydroxylation is 1. The summed E-state index contributed by atoms with van der Waals surface area (Å²) in [4.78, 5) is 31.8. The summed E-state index contributed by atoms with van der Waals surface area (Å²) in [6.45, 7) is 9.92. The van der Waals surface area contributed by atoms with Gasteiger partial charge < -0.3 is 9.47 Å². The number of ether oxygens (including phenoxy) is 2. The Labute approximate surface area is 208 Å². The number of thiazole rings is 1. The lowest BCUT2D eigenvalue weighted by Crippen LogP contribution is -2.39. The van der Waals surface area contributed by atoms with Gasteiger partial charge >= 0.3 is 5.97 Å². The molecule has 182 valence electrons. The fraction of sp³-hybridized carbons (Fsp3) is 0.321. The normalized spacial score (nSPS) is 16.5. The third-order valence-electron chi connectivity index (χ3n) is 6.00. The molecule has 7 heteroatoms. The summed E-state index contributed by atoms with van der Waals surface area (Å²) >= 11 is 1.32. The van der Waals surface area contributed by atoms with Crippen molar-refractivity contribution in [3.05, 3.63) is 96.2 Å². The summed E-state index contributed by atoms with van der Waals surface area (Å²) in [5.41, 5.74) is 3.59. The van der Waals surface area contributed by atoms with Gasteiger partial charge in [0.2, 0.25) is 0 Å². The maximum atomic E-state index is 13.6. The van der Waals surface area contributed by atoms with Crippen LogP contribution in [0.1, 0.15) is 56.8 Å². The Balaban J connectivity index is 1.82. The van der Waals surface area contributed by atoms with Gasteiger partial charge in [0.05, 0.1) is 34.6 Å². The molecule has 3 aromatic rings. The summed E-state index contributed by atoms with van der Waals surface area (Å²) in [6, 6.07) is 14.9. The molecule has 0 saturated carbocycles. The van der Waals surface area contributed by atoms with Gasteiger partial charge in [-0.3, -0.25) is 9.36 Å². The minimum Gasteiger partial charge on any atom is -0.491 e. The summed E-state index contributed by atoms with van der Waals surface area (Å²) in [5.74, 6) is 0.345. The van der Waals surface area contributed by atoms with Crippen LogP contribution in [0.15, 0.2) is 69.6 Å². The highest BCUT2D eigenvalue weighted by molar-refractivity contribution is 7.07. The van der Waals surface area contributed by atoms with Crippen LogP contribution in [0.4, 0.5) is 0 Å². The van der Waals surface area contributed by atoms with Gasteiger partial charge in [-0.05, 0) is 63.5 Å². The van der Waals surface area contributed by atoms with E-state index in [4.69, 9.17) is 9.47 Å². The molecule has 0 saturated heterocycles. The second-order valence-corrected chi connectivity index (χ2v) is 9.63. The molecule has 6 nitrogen and oxygen atoms in total. The molecule has 0 amide bonds. The first-order chi connectivity index (χ1) is 16.8. The van der Waals surface area contributed by atoms with E-state index >= 15 is 0 Å². The molecule has 1 aliphatic rings. The van der Waals surface area contributed by atoms with E-state index in [1.165, 1.54) is 11.3 Å². The van der Waals surface area contributed by atoms with Gasteiger partial charge in [-0.25, -0.2) is 9.79 Å². The fourth-order valence-electron chi connectivity index (χ4n) is 3.97. The molecule has 0 N–H and O–H groups in total. The second-order valence-electron chi connectivity index (χ2n) is 8.62. The molecule has 35 heavy (non-hydrogen) atoms. The van der Waals surface area contributed by atoms with Crippen molar-refractivity contribution in [2.24, 2.45) is 4.99 Å². The van der Waals surface area contributed by atoms with Gasteiger partial charge in [0.1, 0.15) is 5.75 Å². The molecule has 0 spiro atoms. The average molecular weight is 491 g/mol. The zero-order valence-corrected chi connectivity index (χ0v) is 21.5. The van der Waals surface area contributed by atoms with Gasteiger partial charge in [-0.1, -0.05) is 60.2 Å². The number of benzene rings is 2. The molecule has 2 heterocycles. The first kappa shape index (κ1) is 24.7. The Bertz CT molecular complexity index is 1430. The number of hydrogen-bond donors (Lipinski definition) is 0. The Morgan fingerprint density at radius 1 is 1.11 bits per heavy atom. The molecule has 4 rings (SSSR count). The summed E-state index contributed by atoms with van der Waals surface area (Å²) in [6.07, 6.45) is 2.92. The largest absolute Gasteiger partial charge is 0.491 e. The quantitative estimate of drug-likeness (QED) is 0.464. The Morgan fingerprint density at radius 3 is 2.43 bits per heavy atom. The lowest BCUT2D eigenvalue weighted by molar-refractivity contribution is -0.139. The van der Waals surface area contributed by atoms with Gasteiger partial charge in [0, 0.05) is 0 Å². The number of hydrogen-bond acceptors (Lipinski definition) is 6. The van der Waals surface area contributed by atoms with Crippen molar-refractivity contribution in [1.29, 1.82) is 0 Å². The van der Waals surface area contributed by atoms with Crippen LogP contribution in [-0.2, 0) is 9.53 Å². The van der Waals surface area contributed by atoms with Crippen molar-refractivity contribution in [2.45, 2.75) is 53.2 Å². The van der Waals surface area contributed by atoms with Gasteiger partial charge in [-0.2, -0.15) is 0 Å². The number of nitrogens with zero attached hydrogens (tertiary/aromatic N) is 2. The molecular weight excluding hydrogens is 460 g/mol. The third kappa shape index (κ3) is 5.15. The standard InChI is InChI=1S/C28H30N2O4S/c1-6-18(4)34-22-14-10-20(11-15-22)16-23-26(31)30-25(21-12-8-17(3)9-13-21)24(27(32)33-7-2)19(5)29-28(30)35-23/h8-16,18,25H,6-7H2,1-5H3/b23-16+/t18-,25-/m1/s1. The van der Waals surface area contributed by atoms with E-state index in [2.05, 4.69) is 11.9 Å². The predicted octanol–water partition coefficient (Wildman–Crippen LogP) is 4.28. The van der Waals surface area contributed by atoms with Gasteiger partial charge in [0.25, 0.3) is 5.56 Å². The molecule has 0 bridgehead atoms. The van der Waals surface area contributed by atoms with Crippen molar-refractivity contribution >= 4 is 23.4 Å². The van der Waals surface area contributed by atoms with Gasteiger partial charge in [-0.15, -0.1) is 0 Å². The number of esters is 1. The minimum atomic E-state index is -0.598. The van der Waals surface area contributed by atoms with Crippen LogP contribution in [0, 0.1) is 6.92 Å². The van der Waals surface area contributed by atoms with E-state index < -0.39 is 12.0 Å². The SMILES string of the molecule is CCOC(=O)C1=C(C)N=c2s/c(=C/c3ccc(O[C@H](C)CC)cc3)c(=O)n2[C@@H]1c1ccc(C)cc1. The molecule has 0 radical (unpaired) electrons. The lowest BCUT2D eigenvalue weighted by Gasteiger charge is -2.24. The van der Waals surface area contributed by atoms with Crippen molar-refractivity contribution < 1.29 is 14.3 Å². The van der Waals surface area contributed by atoms with Crippen LogP contribution in [0.3, 0.4) is 0 Å². The molecule has 2 aromatic carbocycles. The number of aromatic nitrogens is 1. The molecule has 0 fully saturated rings. The highest BCUT2D eigenvalue weighted by atomic mass is 32.1. The first-order valence-electron chi connectivity index (χ1n) is 11.8. The van der Waals surface area contributed by atoms with E-state index in [1.807, 2.05) is 68.5 Å². The molecule has 2 atom stereocenters. The number of fused-ring (bicyclic) bond motifs is 1. The zero-order chi connectivity index (χ0) is 25.1. The number of rotatable bonds is 7. The van der Waals surface area contributed by atoms with Crippen molar-refractivity contribution in [3.63, 3.8) is 0 Å². The summed E-state index contributed by atoms with van der Waals surface area (Å²) < 4.78 is 13.4. The van der Waals surface area contributed by atoms with Crippen molar-refractivity contribution in [3.8, 4) is 5.75 Å². The lowest BCUT2D eigenvalue weighted by atomic mass is 9.95. The summed E-state index contributed by atoms with van der Waals surface area (Å²) in [7, 11) is 0. The van der Waals surface area contributed by atoms with Crippen LogP contribution in [0.2, 0.25) is 0 Å². The minimum absolute atomic E-state index is 0.142. The van der Waals surface area contributed by atoms with Crippen LogP contribution in [-0.4, -0.2) is 23.2 Å². The molecule has 1 aliphatic heterocycles. The van der Waals surface area contributed by atoms with E-state index in [1.54, 1.807) is 18.4 Å². The zero-order valence-electron chi connectivity index (χ0n) is 20.7. The topological polar surface area (TPSA) is 69.9 Å². The van der Waals surface area contributed by atoms with Crippen LogP contribution < -0.4 is 19.6 Å². The van der Waals surface area contributed by atoms with Crippen LogP contribution >= 0.6 is 11.3 Å². The Hall–Kier alpha value is -3.45. The molecule has 0 aliphatic carbocycles. The van der Waals surface area contributed by atoms with E-state index in [9.17, 15) is 9.59 Å². The average Bonchev–Trinajstić information content (AvgIpc) is 3.14. The van der Waals surface area contributed by atoms with E-state index in [-0.39, 0.29) is 18.3 Å². The monoisotopic (exact) mass is 490 g/mol. The second kappa shape index (κ2) is 10.4. The van der Waals surface area contributed by atoms with Crippen LogP contribution in [0.25, 0.3) is 6.08 Å². The number of allylic oxidation sites excluding steroid dienone is 1. The molecule has 0 unspecified atom stereocenters. The third-order valence-corrected chi connectivity index (χ3v) is 6.98. The smallest absolute Gasteiger partial charge is 0.338 e. The van der Waals surface area contributed by atoms with Gasteiger partial charge in [0.15, 0.2) is 4.80 Å². The maximum absolute atomic E-state index is 13.6. The highest BCUT2D eigenvalue weighted by Gasteiger charge is 2.33. The van der Waals surface area contributed by atoms with Crippen molar-refractivity contribution in [1.82, 2.24) is 4.57 Å².